The third-order valence-electron chi connectivity index (χ3n) is 6.33. The predicted molar refractivity (Wildman–Crippen MR) is 112 cm³/mol. The van der Waals surface area contributed by atoms with Crippen LogP contribution in [0.1, 0.15) is 36.3 Å². The molecule has 3 rings (SSSR count). The van der Waals surface area contributed by atoms with Crippen molar-refractivity contribution in [1.29, 1.82) is 0 Å². The highest BCUT2D eigenvalue weighted by Gasteiger charge is 2.67. The summed E-state index contributed by atoms with van der Waals surface area (Å²) in [5.74, 6) is -4.18. The molecule has 2 atom stereocenters. The molecule has 180 valence electrons. The van der Waals surface area contributed by atoms with Crippen LogP contribution in [0.3, 0.4) is 0 Å². The number of carbonyl (C=O) groups is 1. The molecule has 1 aliphatic rings. The van der Waals surface area contributed by atoms with E-state index in [0.29, 0.717) is 11.6 Å². The number of nitrogens with zero attached hydrogens (tertiary/aromatic N) is 2. The number of aromatic hydroxyl groups is 1. The van der Waals surface area contributed by atoms with Crippen LogP contribution >= 0.6 is 0 Å². The lowest BCUT2D eigenvalue weighted by atomic mass is 9.80. The van der Waals surface area contributed by atoms with E-state index in [1.165, 1.54) is 12.4 Å². The summed E-state index contributed by atoms with van der Waals surface area (Å²) in [6.45, 7) is 0.0204. The molecule has 0 aliphatic heterocycles. The van der Waals surface area contributed by atoms with E-state index in [1.807, 2.05) is 0 Å². The summed E-state index contributed by atoms with van der Waals surface area (Å²) in [6.07, 6.45) is -2.07. The molecule has 33 heavy (non-hydrogen) atoms. The van der Waals surface area contributed by atoms with E-state index >= 15 is 0 Å². The monoisotopic (exact) mass is 471 g/mol. The van der Waals surface area contributed by atoms with Crippen LogP contribution in [-0.4, -0.2) is 53.8 Å². The maximum Gasteiger partial charge on any atom is 0.395 e. The molecule has 0 unspecified atom stereocenters. The number of hydrogen-bond donors (Lipinski definition) is 2. The Kier molecular flexibility index (Phi) is 7.26. The number of nitrogens with one attached hydrogen (secondary N) is 1. The van der Waals surface area contributed by atoms with Crippen LogP contribution in [0.5, 0.6) is 5.75 Å². The fourth-order valence-electron chi connectivity index (χ4n) is 4.09. The van der Waals surface area contributed by atoms with Crippen molar-refractivity contribution in [3.63, 3.8) is 0 Å². The Morgan fingerprint density at radius 2 is 1.94 bits per heavy atom. The molecule has 0 saturated heterocycles. The number of hydrogen-bond acceptors (Lipinski definition) is 4. The van der Waals surface area contributed by atoms with Crippen LogP contribution in [0.2, 0.25) is 0 Å². The van der Waals surface area contributed by atoms with Gasteiger partial charge in [0.05, 0.1) is 5.41 Å². The van der Waals surface area contributed by atoms with Gasteiger partial charge in [0.25, 0.3) is 0 Å². The summed E-state index contributed by atoms with van der Waals surface area (Å²) >= 11 is 0. The molecule has 0 radical (unpaired) electrons. The largest absolute Gasteiger partial charge is 0.505 e. The summed E-state index contributed by atoms with van der Waals surface area (Å²) < 4.78 is 69.2. The van der Waals surface area contributed by atoms with Crippen LogP contribution in [0.25, 0.3) is 0 Å². The molecule has 1 heterocycles. The Bertz CT molecular complexity index is 978. The molecule has 2 N–H and O–H groups in total. The zero-order valence-electron chi connectivity index (χ0n) is 18.3. The highest BCUT2D eigenvalue weighted by molar-refractivity contribution is 5.77. The summed E-state index contributed by atoms with van der Waals surface area (Å²) in [6, 6.07) is 4.20. The lowest BCUT2D eigenvalue weighted by molar-refractivity contribution is -0.194. The number of benzene rings is 1. The molecule has 1 aromatic carbocycles. The van der Waals surface area contributed by atoms with Crippen molar-refractivity contribution in [3.8, 4) is 5.75 Å². The van der Waals surface area contributed by atoms with Gasteiger partial charge in [0.1, 0.15) is 5.82 Å². The first-order valence-electron chi connectivity index (χ1n) is 10.5. The van der Waals surface area contributed by atoms with Crippen molar-refractivity contribution in [2.45, 2.75) is 43.8 Å². The quantitative estimate of drug-likeness (QED) is 0.539. The minimum absolute atomic E-state index is 0.0143. The number of phenolic OH excluding ortho intramolecular Hbond substituents is 1. The Morgan fingerprint density at radius 1 is 1.24 bits per heavy atom. The van der Waals surface area contributed by atoms with Gasteiger partial charge in [-0.1, -0.05) is 6.07 Å². The Hall–Kier alpha value is -2.75. The summed E-state index contributed by atoms with van der Waals surface area (Å²) in [7, 11) is 3.37. The van der Waals surface area contributed by atoms with Gasteiger partial charge < -0.3 is 15.3 Å². The van der Waals surface area contributed by atoms with Crippen LogP contribution in [0, 0.1) is 17.0 Å². The summed E-state index contributed by atoms with van der Waals surface area (Å²) in [4.78, 5) is 18.3. The standard InChI is InChI=1S/C23H26F5N3O2/c1-31(2)16(8-15-9-19(25)20(32)11-18(15)24)13-30-21(33)10-17(14-4-3-7-29-12-14)22(5-6-22)23(26,27)28/h3-4,7,9,11-12,16-17,32H,5-6,8,10,13H2,1-2H3,(H,30,33)/t16-,17-/m0/s1. The molecule has 1 saturated carbocycles. The Labute approximate surface area is 188 Å². The highest BCUT2D eigenvalue weighted by atomic mass is 19.4. The fraction of sp³-hybridized carbons (Fsp3) is 0.478. The normalized spacial score (nSPS) is 17.0. The maximum atomic E-state index is 14.1. The molecule has 1 aromatic heterocycles. The fourth-order valence-corrected chi connectivity index (χ4v) is 4.09. The second-order valence-electron chi connectivity index (χ2n) is 8.72. The molecule has 10 heteroatoms. The van der Waals surface area contributed by atoms with Crippen molar-refractivity contribution in [2.24, 2.45) is 5.41 Å². The van der Waals surface area contributed by atoms with Gasteiger partial charge in [-0.25, -0.2) is 8.78 Å². The Balaban J connectivity index is 1.70. The summed E-state index contributed by atoms with van der Waals surface area (Å²) in [5, 5.41) is 11.9. The van der Waals surface area contributed by atoms with Gasteiger partial charge in [0, 0.05) is 43.4 Å². The molecular formula is C23H26F5N3O2. The van der Waals surface area contributed by atoms with Gasteiger partial charge in [-0.15, -0.1) is 0 Å². The second-order valence-corrected chi connectivity index (χ2v) is 8.72. The molecule has 1 amide bonds. The van der Waals surface area contributed by atoms with Crippen molar-refractivity contribution in [2.75, 3.05) is 20.6 Å². The van der Waals surface area contributed by atoms with Crippen LogP contribution in [-0.2, 0) is 11.2 Å². The average molecular weight is 471 g/mol. The lowest BCUT2D eigenvalue weighted by Crippen LogP contribution is -2.43. The molecule has 2 aromatic rings. The summed E-state index contributed by atoms with van der Waals surface area (Å²) in [5.41, 5.74) is -1.57. The number of amides is 1. The minimum atomic E-state index is -4.44. The molecular weight excluding hydrogens is 445 g/mol. The number of phenols is 1. The number of aromatic nitrogens is 1. The lowest BCUT2D eigenvalue weighted by Gasteiger charge is -2.30. The van der Waals surface area contributed by atoms with E-state index in [1.54, 1.807) is 31.1 Å². The van der Waals surface area contributed by atoms with Crippen LogP contribution < -0.4 is 5.32 Å². The molecule has 1 fully saturated rings. The Morgan fingerprint density at radius 3 is 2.48 bits per heavy atom. The van der Waals surface area contributed by atoms with Gasteiger partial charge in [-0.3, -0.25) is 9.78 Å². The van der Waals surface area contributed by atoms with Crippen molar-refractivity contribution < 1.29 is 31.9 Å². The van der Waals surface area contributed by atoms with E-state index in [-0.39, 0.29) is 37.8 Å². The van der Waals surface area contributed by atoms with Gasteiger partial charge >= 0.3 is 6.18 Å². The number of alkyl halides is 3. The first-order chi connectivity index (χ1) is 15.4. The van der Waals surface area contributed by atoms with Crippen LogP contribution in [0.4, 0.5) is 22.0 Å². The molecule has 0 bridgehead atoms. The number of carbonyl (C=O) groups excluding carboxylic acids is 1. The molecule has 0 spiro atoms. The number of pyridine rings is 1. The van der Waals surface area contributed by atoms with E-state index < -0.39 is 46.8 Å². The average Bonchev–Trinajstić information content (AvgIpc) is 3.55. The van der Waals surface area contributed by atoms with Gasteiger partial charge in [0.15, 0.2) is 11.6 Å². The van der Waals surface area contributed by atoms with Crippen molar-refractivity contribution in [3.05, 3.63) is 59.4 Å². The van der Waals surface area contributed by atoms with Gasteiger partial charge in [-0.05, 0) is 56.6 Å². The van der Waals surface area contributed by atoms with Crippen molar-refractivity contribution >= 4 is 5.91 Å². The third-order valence-corrected chi connectivity index (χ3v) is 6.33. The number of likely N-dealkylation sites (N-methyl/N-ethyl adjacent to an activating group) is 1. The predicted octanol–water partition coefficient (Wildman–Crippen LogP) is 4.17. The smallest absolute Gasteiger partial charge is 0.395 e. The third kappa shape index (κ3) is 5.61. The SMILES string of the molecule is CN(C)[C@H](CNC(=O)C[C@@H](c1cccnc1)C1(C(F)(F)F)CC1)Cc1cc(F)c(O)cc1F. The first-order valence-corrected chi connectivity index (χ1v) is 10.5. The van der Waals surface area contributed by atoms with E-state index in [9.17, 15) is 31.9 Å². The maximum absolute atomic E-state index is 14.1. The number of rotatable bonds is 9. The highest BCUT2D eigenvalue weighted by Crippen LogP contribution is 2.66. The topological polar surface area (TPSA) is 65.5 Å². The van der Waals surface area contributed by atoms with E-state index in [4.69, 9.17) is 0 Å². The van der Waals surface area contributed by atoms with Gasteiger partial charge in [0.2, 0.25) is 5.91 Å². The number of halogens is 5. The zero-order chi connectivity index (χ0) is 24.4. The molecule has 1 aliphatic carbocycles. The first kappa shape index (κ1) is 24.9. The second kappa shape index (κ2) is 9.62. The van der Waals surface area contributed by atoms with E-state index in [2.05, 4.69) is 10.3 Å². The molecule has 5 nitrogen and oxygen atoms in total. The van der Waals surface area contributed by atoms with Crippen LogP contribution in [0.15, 0.2) is 36.7 Å². The van der Waals surface area contributed by atoms with Gasteiger partial charge in [-0.2, -0.15) is 13.2 Å². The van der Waals surface area contributed by atoms with Crippen molar-refractivity contribution in [1.82, 2.24) is 15.2 Å². The zero-order valence-corrected chi connectivity index (χ0v) is 18.3. The van der Waals surface area contributed by atoms with E-state index in [0.717, 1.165) is 6.07 Å². The minimum Gasteiger partial charge on any atom is -0.505 e.